The van der Waals surface area contributed by atoms with Gasteiger partial charge in [-0.05, 0) is 116 Å². The molecule has 0 atom stereocenters. The molecular formula is C52H55BN2O2. The molecule has 0 fully saturated rings. The van der Waals surface area contributed by atoms with E-state index in [0.29, 0.717) is 13.2 Å². The number of anilines is 6. The van der Waals surface area contributed by atoms with Crippen LogP contribution in [0.5, 0.6) is 11.5 Å². The van der Waals surface area contributed by atoms with Crippen LogP contribution in [0.3, 0.4) is 0 Å². The molecule has 288 valence electrons. The number of fused-ring (bicyclic) bond motifs is 5. The molecule has 6 aromatic rings. The summed E-state index contributed by atoms with van der Waals surface area (Å²) < 4.78 is 13.2. The van der Waals surface area contributed by atoms with Crippen molar-refractivity contribution in [1.29, 1.82) is 0 Å². The van der Waals surface area contributed by atoms with Crippen LogP contribution in [-0.4, -0.2) is 19.9 Å². The van der Waals surface area contributed by atoms with E-state index in [-0.39, 0.29) is 23.0 Å². The summed E-state index contributed by atoms with van der Waals surface area (Å²) in [5.41, 5.74) is 18.3. The summed E-state index contributed by atoms with van der Waals surface area (Å²) in [4.78, 5) is 5.04. The van der Waals surface area contributed by atoms with Crippen molar-refractivity contribution in [3.8, 4) is 22.6 Å². The lowest BCUT2D eigenvalue weighted by atomic mass is 9.33. The van der Waals surface area contributed by atoms with Gasteiger partial charge in [0.15, 0.2) is 11.5 Å². The predicted octanol–water partition coefficient (Wildman–Crippen LogP) is 11.8. The van der Waals surface area contributed by atoms with Gasteiger partial charge >= 0.3 is 0 Å². The number of benzene rings is 6. The lowest BCUT2D eigenvalue weighted by molar-refractivity contribution is 0.297. The van der Waals surface area contributed by atoms with Crippen LogP contribution in [0.4, 0.5) is 34.1 Å². The van der Waals surface area contributed by atoms with Crippen LogP contribution in [-0.2, 0) is 16.2 Å². The number of aryl methyl sites for hydroxylation is 1. The largest absolute Gasteiger partial charge is 0.489 e. The van der Waals surface area contributed by atoms with E-state index >= 15 is 0 Å². The zero-order valence-electron chi connectivity index (χ0n) is 35.4. The highest BCUT2D eigenvalue weighted by atomic mass is 16.5. The zero-order chi connectivity index (χ0) is 40.0. The highest BCUT2D eigenvalue weighted by Crippen LogP contribution is 2.53. The topological polar surface area (TPSA) is 24.9 Å². The van der Waals surface area contributed by atoms with Gasteiger partial charge in [-0.1, -0.05) is 129 Å². The van der Waals surface area contributed by atoms with Crippen LogP contribution < -0.4 is 35.7 Å². The van der Waals surface area contributed by atoms with Crippen LogP contribution in [0.2, 0.25) is 0 Å². The van der Waals surface area contributed by atoms with Crippen molar-refractivity contribution in [3.05, 3.63) is 138 Å². The zero-order valence-corrected chi connectivity index (χ0v) is 35.4. The number of ether oxygens (including phenoxy) is 2. The second-order valence-electron chi connectivity index (χ2n) is 19.4. The predicted molar refractivity (Wildman–Crippen MR) is 242 cm³/mol. The average molecular weight is 751 g/mol. The van der Waals surface area contributed by atoms with E-state index in [0.717, 1.165) is 40.4 Å². The first-order valence-electron chi connectivity index (χ1n) is 20.7. The maximum atomic E-state index is 6.79. The molecule has 0 unspecified atom stereocenters. The van der Waals surface area contributed by atoms with Gasteiger partial charge in [-0.15, -0.1) is 0 Å². The van der Waals surface area contributed by atoms with Gasteiger partial charge in [-0.2, -0.15) is 0 Å². The van der Waals surface area contributed by atoms with E-state index in [4.69, 9.17) is 9.47 Å². The van der Waals surface area contributed by atoms with E-state index < -0.39 is 0 Å². The highest BCUT2D eigenvalue weighted by molar-refractivity contribution is 7.00. The Morgan fingerprint density at radius 3 is 1.67 bits per heavy atom. The van der Waals surface area contributed by atoms with Gasteiger partial charge in [0.1, 0.15) is 5.69 Å². The molecule has 3 heterocycles. The van der Waals surface area contributed by atoms with Gasteiger partial charge in [0.05, 0.1) is 13.2 Å². The third-order valence-electron chi connectivity index (χ3n) is 12.1. The molecule has 4 nitrogen and oxygen atoms in total. The lowest BCUT2D eigenvalue weighted by Gasteiger charge is -2.45. The second-order valence-corrected chi connectivity index (χ2v) is 19.4. The Kier molecular flexibility index (Phi) is 8.70. The van der Waals surface area contributed by atoms with Crippen LogP contribution in [0.15, 0.2) is 115 Å². The lowest BCUT2D eigenvalue weighted by Crippen LogP contribution is -2.61. The van der Waals surface area contributed by atoms with E-state index in [2.05, 4.69) is 194 Å². The van der Waals surface area contributed by atoms with Crippen LogP contribution in [0.1, 0.15) is 91.0 Å². The molecular weight excluding hydrogens is 695 g/mol. The highest BCUT2D eigenvalue weighted by Gasteiger charge is 2.45. The van der Waals surface area contributed by atoms with Gasteiger partial charge in [0, 0.05) is 40.4 Å². The third-order valence-corrected chi connectivity index (χ3v) is 12.1. The van der Waals surface area contributed by atoms with E-state index in [1.165, 1.54) is 61.4 Å². The number of rotatable bonds is 3. The molecule has 0 amide bonds. The molecule has 6 aromatic carbocycles. The van der Waals surface area contributed by atoms with Gasteiger partial charge in [-0.25, -0.2) is 0 Å². The van der Waals surface area contributed by atoms with Crippen molar-refractivity contribution in [3.63, 3.8) is 0 Å². The van der Waals surface area contributed by atoms with Crippen LogP contribution in [0, 0.1) is 6.92 Å². The van der Waals surface area contributed by atoms with Gasteiger partial charge in [0.2, 0.25) is 0 Å². The molecule has 0 saturated carbocycles. The van der Waals surface area contributed by atoms with E-state index in [9.17, 15) is 0 Å². The Labute approximate surface area is 340 Å². The van der Waals surface area contributed by atoms with Crippen molar-refractivity contribution < 1.29 is 9.47 Å². The summed E-state index contributed by atoms with van der Waals surface area (Å²) in [5.74, 6) is 1.59. The SMILES string of the molecule is Cc1cc2c3c(c1)N(c1c(-c4ccccc4)ccc4c1OCCCO4)c1ccc(C(C)(C)C)cc1B3c1cc(C(C)(C)C)ccc1N2c1ccc(C(C)(C)C)cc1. The van der Waals surface area contributed by atoms with E-state index in [1.807, 2.05) is 0 Å². The van der Waals surface area contributed by atoms with Gasteiger partial charge < -0.3 is 19.3 Å². The first-order valence-corrected chi connectivity index (χ1v) is 20.7. The molecule has 0 bridgehead atoms. The van der Waals surface area contributed by atoms with Crippen molar-refractivity contribution >= 4 is 57.2 Å². The van der Waals surface area contributed by atoms with Crippen molar-refractivity contribution in [2.45, 2.75) is 91.9 Å². The number of hydrogen-bond acceptors (Lipinski definition) is 4. The second kappa shape index (κ2) is 13.3. The molecule has 3 aliphatic heterocycles. The molecule has 0 aliphatic carbocycles. The fourth-order valence-corrected chi connectivity index (χ4v) is 9.00. The van der Waals surface area contributed by atoms with Gasteiger partial charge in [0.25, 0.3) is 6.71 Å². The summed E-state index contributed by atoms with van der Waals surface area (Å²) in [7, 11) is 0. The third kappa shape index (κ3) is 6.31. The van der Waals surface area contributed by atoms with Crippen molar-refractivity contribution in [2.75, 3.05) is 23.0 Å². The summed E-state index contributed by atoms with van der Waals surface area (Å²) >= 11 is 0. The summed E-state index contributed by atoms with van der Waals surface area (Å²) in [6, 6.07) is 43.6. The summed E-state index contributed by atoms with van der Waals surface area (Å²) in [6.45, 7) is 24.3. The first kappa shape index (κ1) is 37.2. The standard InChI is InChI=1S/C52H55BN2O2/c1-33-29-44-47-45(30-33)55(48-39(34-15-12-11-13-16-34)23-26-46-49(48)57-28-14-27-56-46)43-25-20-37(52(8,9)10)32-41(43)53(47)40-31-36(51(5,6)7)19-24-42(40)54(44)38-21-17-35(18-22-38)50(2,3)4/h11-13,15-26,29-32H,14,27-28H2,1-10H3. The maximum Gasteiger partial charge on any atom is 0.252 e. The first-order chi connectivity index (χ1) is 27.1. The van der Waals surface area contributed by atoms with Crippen molar-refractivity contribution in [1.82, 2.24) is 0 Å². The van der Waals surface area contributed by atoms with Gasteiger partial charge in [-0.3, -0.25) is 0 Å². The fraction of sp³-hybridized carbons (Fsp3) is 0.308. The summed E-state index contributed by atoms with van der Waals surface area (Å²) in [5, 5.41) is 0. The molecule has 0 N–H and O–H groups in total. The smallest absolute Gasteiger partial charge is 0.252 e. The normalized spacial score (nSPS) is 14.8. The van der Waals surface area contributed by atoms with E-state index in [1.54, 1.807) is 0 Å². The number of hydrogen-bond donors (Lipinski definition) is 0. The molecule has 3 aliphatic rings. The molecule has 0 radical (unpaired) electrons. The van der Waals surface area contributed by atoms with Crippen LogP contribution in [0.25, 0.3) is 11.1 Å². The average Bonchev–Trinajstić information content (AvgIpc) is 3.42. The Bertz CT molecular complexity index is 2520. The fourth-order valence-electron chi connectivity index (χ4n) is 9.00. The molecule has 0 saturated heterocycles. The Morgan fingerprint density at radius 2 is 1.07 bits per heavy atom. The maximum absolute atomic E-state index is 6.79. The van der Waals surface area contributed by atoms with Crippen molar-refractivity contribution in [2.24, 2.45) is 0 Å². The molecule has 0 spiro atoms. The van der Waals surface area contributed by atoms with Crippen LogP contribution >= 0.6 is 0 Å². The minimum Gasteiger partial charge on any atom is -0.489 e. The minimum absolute atomic E-state index is 0.00575. The molecule has 0 aromatic heterocycles. The monoisotopic (exact) mass is 750 g/mol. The summed E-state index contributed by atoms with van der Waals surface area (Å²) in [6.07, 6.45) is 0.831. The molecule has 9 rings (SSSR count). The Morgan fingerprint density at radius 1 is 0.526 bits per heavy atom. The number of nitrogens with zero attached hydrogens (tertiary/aromatic N) is 2. The molecule has 5 heteroatoms. The quantitative estimate of drug-likeness (QED) is 0.168. The Balaban J connectivity index is 1.41. The Hall–Kier alpha value is -5.42. The molecule has 57 heavy (non-hydrogen) atoms. The minimum atomic E-state index is -0.0438.